The SMILES string of the molecule is COCCC(C)Oc1cc(F)c(S(N)(=O)=O)cc1Br. The number of halogens is 2. The molecule has 0 radical (unpaired) electrons. The van der Waals surface area contributed by atoms with Crippen LogP contribution < -0.4 is 9.88 Å². The van der Waals surface area contributed by atoms with Crippen LogP contribution in [0.25, 0.3) is 0 Å². The van der Waals surface area contributed by atoms with Gasteiger partial charge in [0.25, 0.3) is 0 Å². The summed E-state index contributed by atoms with van der Waals surface area (Å²) in [6.45, 7) is 2.31. The van der Waals surface area contributed by atoms with E-state index in [4.69, 9.17) is 14.6 Å². The number of sulfonamides is 1. The number of methoxy groups -OCH3 is 1. The number of ether oxygens (including phenoxy) is 2. The third kappa shape index (κ3) is 4.72. The third-order valence-corrected chi connectivity index (χ3v) is 3.90. The van der Waals surface area contributed by atoms with Crippen molar-refractivity contribution in [1.82, 2.24) is 0 Å². The Morgan fingerprint density at radius 1 is 1.47 bits per heavy atom. The van der Waals surface area contributed by atoms with Gasteiger partial charge < -0.3 is 9.47 Å². The molecule has 5 nitrogen and oxygen atoms in total. The zero-order chi connectivity index (χ0) is 14.6. The Morgan fingerprint density at radius 2 is 2.11 bits per heavy atom. The summed E-state index contributed by atoms with van der Waals surface area (Å²) in [6.07, 6.45) is 0.428. The first-order valence-electron chi connectivity index (χ1n) is 5.43. The zero-order valence-electron chi connectivity index (χ0n) is 10.5. The van der Waals surface area contributed by atoms with Gasteiger partial charge in [-0.3, -0.25) is 0 Å². The van der Waals surface area contributed by atoms with Crippen molar-refractivity contribution in [2.45, 2.75) is 24.3 Å². The van der Waals surface area contributed by atoms with E-state index in [9.17, 15) is 12.8 Å². The van der Waals surface area contributed by atoms with Crippen LogP contribution in [-0.2, 0) is 14.8 Å². The van der Waals surface area contributed by atoms with Crippen molar-refractivity contribution in [2.75, 3.05) is 13.7 Å². The van der Waals surface area contributed by atoms with E-state index in [1.807, 2.05) is 0 Å². The highest BCUT2D eigenvalue weighted by Gasteiger charge is 2.18. The molecule has 0 spiro atoms. The minimum atomic E-state index is -4.10. The average Bonchev–Trinajstić information content (AvgIpc) is 2.29. The van der Waals surface area contributed by atoms with Gasteiger partial charge in [0.15, 0.2) is 0 Å². The van der Waals surface area contributed by atoms with Crippen molar-refractivity contribution in [3.8, 4) is 5.75 Å². The molecule has 1 aromatic rings. The fraction of sp³-hybridized carbons (Fsp3) is 0.455. The monoisotopic (exact) mass is 355 g/mol. The minimum Gasteiger partial charge on any atom is -0.489 e. The first kappa shape index (κ1) is 16.4. The summed E-state index contributed by atoms with van der Waals surface area (Å²) >= 11 is 3.13. The Kier molecular flexibility index (Phi) is 5.72. The summed E-state index contributed by atoms with van der Waals surface area (Å²) in [4.78, 5) is -0.573. The van der Waals surface area contributed by atoms with Crippen LogP contribution in [-0.4, -0.2) is 28.2 Å². The maximum Gasteiger partial charge on any atom is 0.241 e. The standard InChI is InChI=1S/C11H15BrFNO4S/c1-7(3-4-17-2)18-10-6-9(13)11(5-8(10)12)19(14,15)16/h5-7H,3-4H2,1-2H3,(H2,14,15,16). The van der Waals surface area contributed by atoms with E-state index in [0.717, 1.165) is 12.1 Å². The van der Waals surface area contributed by atoms with E-state index < -0.39 is 20.7 Å². The molecule has 0 aliphatic carbocycles. The van der Waals surface area contributed by atoms with Crippen molar-refractivity contribution >= 4 is 26.0 Å². The summed E-state index contributed by atoms with van der Waals surface area (Å²) in [5, 5.41) is 4.90. The summed E-state index contributed by atoms with van der Waals surface area (Å²) in [5.74, 6) is -0.729. The molecule has 1 unspecified atom stereocenters. The zero-order valence-corrected chi connectivity index (χ0v) is 12.9. The quantitative estimate of drug-likeness (QED) is 0.846. The molecule has 1 aromatic carbocycles. The number of nitrogens with two attached hydrogens (primary N) is 1. The van der Waals surface area contributed by atoms with Gasteiger partial charge in [0, 0.05) is 26.2 Å². The van der Waals surface area contributed by atoms with Crippen LogP contribution in [0, 0.1) is 5.82 Å². The van der Waals surface area contributed by atoms with Crippen molar-refractivity contribution in [2.24, 2.45) is 5.14 Å². The van der Waals surface area contributed by atoms with Crippen LogP contribution in [0.4, 0.5) is 4.39 Å². The molecule has 2 N–H and O–H groups in total. The predicted molar refractivity (Wildman–Crippen MR) is 72.1 cm³/mol. The predicted octanol–water partition coefficient (Wildman–Crippen LogP) is 2.04. The number of hydrogen-bond donors (Lipinski definition) is 1. The van der Waals surface area contributed by atoms with Gasteiger partial charge in [-0.1, -0.05) is 0 Å². The average molecular weight is 356 g/mol. The number of primary sulfonamides is 1. The summed E-state index contributed by atoms with van der Waals surface area (Å²) < 4.78 is 46.6. The number of hydrogen-bond acceptors (Lipinski definition) is 4. The second-order valence-corrected chi connectivity index (χ2v) is 6.35. The normalized spacial score (nSPS) is 13.3. The van der Waals surface area contributed by atoms with Crippen molar-refractivity contribution in [3.05, 3.63) is 22.4 Å². The summed E-state index contributed by atoms with van der Waals surface area (Å²) in [6, 6.07) is 2.08. The summed E-state index contributed by atoms with van der Waals surface area (Å²) in [7, 11) is -2.52. The van der Waals surface area contributed by atoms with Crippen molar-refractivity contribution < 1.29 is 22.3 Å². The Morgan fingerprint density at radius 3 is 2.63 bits per heavy atom. The molecule has 108 valence electrons. The van der Waals surface area contributed by atoms with Gasteiger partial charge >= 0.3 is 0 Å². The van der Waals surface area contributed by atoms with E-state index >= 15 is 0 Å². The van der Waals surface area contributed by atoms with Gasteiger partial charge in [0.1, 0.15) is 16.5 Å². The van der Waals surface area contributed by atoms with Gasteiger partial charge in [-0.05, 0) is 28.9 Å². The Labute approximate surface area is 120 Å². The van der Waals surface area contributed by atoms with Crippen LogP contribution in [0.1, 0.15) is 13.3 Å². The maximum absolute atomic E-state index is 13.6. The van der Waals surface area contributed by atoms with E-state index in [1.54, 1.807) is 14.0 Å². The van der Waals surface area contributed by atoms with Crippen LogP contribution in [0.2, 0.25) is 0 Å². The highest BCUT2D eigenvalue weighted by Crippen LogP contribution is 2.30. The van der Waals surface area contributed by atoms with Crippen LogP contribution in [0.15, 0.2) is 21.5 Å². The lowest BCUT2D eigenvalue weighted by Gasteiger charge is -2.16. The Bertz CT molecular complexity index is 550. The molecule has 0 aromatic heterocycles. The topological polar surface area (TPSA) is 78.6 Å². The summed E-state index contributed by atoms with van der Waals surface area (Å²) in [5.41, 5.74) is 0. The highest BCUT2D eigenvalue weighted by molar-refractivity contribution is 9.10. The van der Waals surface area contributed by atoms with E-state index in [1.165, 1.54) is 0 Å². The highest BCUT2D eigenvalue weighted by atomic mass is 79.9. The molecule has 0 aliphatic heterocycles. The van der Waals surface area contributed by atoms with Crippen molar-refractivity contribution in [3.63, 3.8) is 0 Å². The van der Waals surface area contributed by atoms with Crippen LogP contribution in [0.3, 0.4) is 0 Å². The van der Waals surface area contributed by atoms with E-state index in [-0.39, 0.29) is 11.9 Å². The van der Waals surface area contributed by atoms with Crippen LogP contribution in [0.5, 0.6) is 5.75 Å². The molecule has 0 saturated heterocycles. The first-order valence-corrected chi connectivity index (χ1v) is 7.77. The van der Waals surface area contributed by atoms with Gasteiger partial charge in [0.05, 0.1) is 10.6 Å². The van der Waals surface area contributed by atoms with Gasteiger partial charge in [-0.2, -0.15) is 0 Å². The lowest BCUT2D eigenvalue weighted by molar-refractivity contribution is 0.134. The molecule has 1 rings (SSSR count). The molecule has 0 aliphatic rings. The van der Waals surface area contributed by atoms with E-state index in [0.29, 0.717) is 17.5 Å². The number of benzene rings is 1. The van der Waals surface area contributed by atoms with Crippen molar-refractivity contribution in [1.29, 1.82) is 0 Å². The molecule has 0 saturated carbocycles. The third-order valence-electron chi connectivity index (χ3n) is 2.35. The van der Waals surface area contributed by atoms with Crippen LogP contribution >= 0.6 is 15.9 Å². The molecular formula is C11H15BrFNO4S. The fourth-order valence-corrected chi connectivity index (χ4v) is 2.58. The molecule has 0 heterocycles. The lowest BCUT2D eigenvalue weighted by Crippen LogP contribution is -2.16. The lowest BCUT2D eigenvalue weighted by atomic mass is 10.3. The Hall–Kier alpha value is -0.700. The van der Waals surface area contributed by atoms with Gasteiger partial charge in [0.2, 0.25) is 10.0 Å². The first-order chi connectivity index (χ1) is 8.75. The smallest absolute Gasteiger partial charge is 0.241 e. The molecule has 0 fully saturated rings. The second-order valence-electron chi connectivity index (χ2n) is 3.97. The fourth-order valence-electron chi connectivity index (χ4n) is 1.38. The Balaban J connectivity index is 2.97. The second kappa shape index (κ2) is 6.65. The molecule has 0 amide bonds. The van der Waals surface area contributed by atoms with Gasteiger partial charge in [-0.25, -0.2) is 17.9 Å². The molecule has 8 heteroatoms. The minimum absolute atomic E-state index is 0.198. The molecule has 19 heavy (non-hydrogen) atoms. The largest absolute Gasteiger partial charge is 0.489 e. The molecular weight excluding hydrogens is 341 g/mol. The molecule has 1 atom stereocenters. The van der Waals surface area contributed by atoms with Gasteiger partial charge in [-0.15, -0.1) is 0 Å². The molecule has 0 bridgehead atoms. The maximum atomic E-state index is 13.6. The number of rotatable bonds is 6. The van der Waals surface area contributed by atoms with E-state index in [2.05, 4.69) is 15.9 Å².